The van der Waals surface area contributed by atoms with Crippen molar-refractivity contribution >= 4 is 23.3 Å². The molecule has 0 aromatic heterocycles. The Bertz CT molecular complexity index is 643. The van der Waals surface area contributed by atoms with Gasteiger partial charge in [0, 0.05) is 37.7 Å². The predicted octanol–water partition coefficient (Wildman–Crippen LogP) is 2.02. The van der Waals surface area contributed by atoms with E-state index in [-0.39, 0.29) is 30.1 Å². The van der Waals surface area contributed by atoms with Crippen LogP contribution in [0.2, 0.25) is 0 Å². The van der Waals surface area contributed by atoms with E-state index in [2.05, 4.69) is 10.2 Å². The number of rotatable bonds is 5. The van der Waals surface area contributed by atoms with Gasteiger partial charge in [-0.3, -0.25) is 19.3 Å². The lowest BCUT2D eigenvalue weighted by molar-refractivity contribution is -0.134. The normalized spacial score (nSPS) is 15.8. The summed E-state index contributed by atoms with van der Waals surface area (Å²) in [4.78, 5) is 40.0. The Morgan fingerprint density at radius 1 is 1.08 bits per heavy atom. The molecule has 1 heterocycles. The van der Waals surface area contributed by atoms with E-state index in [9.17, 15) is 14.4 Å². The first-order chi connectivity index (χ1) is 11.9. The quantitative estimate of drug-likeness (QED) is 0.829. The number of carbonyl (C=O) groups is 3. The van der Waals surface area contributed by atoms with Crippen molar-refractivity contribution in [3.8, 4) is 0 Å². The molecule has 1 aromatic rings. The maximum Gasteiger partial charge on any atom is 0.238 e. The van der Waals surface area contributed by atoms with Crippen molar-refractivity contribution in [2.75, 3.05) is 38.0 Å². The summed E-state index contributed by atoms with van der Waals surface area (Å²) in [6, 6.07) is 7.02. The molecule has 0 saturated carbocycles. The third kappa shape index (κ3) is 5.39. The minimum Gasteiger partial charge on any atom is -0.341 e. The molecule has 2 amide bonds. The number of amides is 2. The maximum absolute atomic E-state index is 12.3. The third-order valence-corrected chi connectivity index (χ3v) is 4.34. The molecule has 0 unspecified atom stereocenters. The van der Waals surface area contributed by atoms with E-state index >= 15 is 0 Å². The zero-order valence-electron chi connectivity index (χ0n) is 15.2. The molecule has 0 atom stereocenters. The first-order valence-corrected chi connectivity index (χ1v) is 8.79. The van der Waals surface area contributed by atoms with Gasteiger partial charge in [0.15, 0.2) is 5.78 Å². The van der Waals surface area contributed by atoms with Crippen molar-refractivity contribution in [3.05, 3.63) is 29.8 Å². The average molecular weight is 345 g/mol. The lowest BCUT2D eigenvalue weighted by Gasteiger charge is -2.23. The smallest absolute Gasteiger partial charge is 0.238 e. The molecule has 1 aliphatic rings. The maximum atomic E-state index is 12.3. The third-order valence-electron chi connectivity index (χ3n) is 4.34. The molecule has 0 spiro atoms. The number of Topliss-reactive ketones (excluding diaryl/α,β-unsaturated/α-hetero) is 1. The number of hydrogen-bond donors (Lipinski definition) is 1. The van der Waals surface area contributed by atoms with Gasteiger partial charge in [0.25, 0.3) is 0 Å². The molecule has 0 bridgehead atoms. The number of ketones is 1. The molecule has 1 saturated heterocycles. The molecular formula is C19H27N3O3. The molecule has 1 aliphatic heterocycles. The molecule has 1 aromatic carbocycles. The van der Waals surface area contributed by atoms with Gasteiger partial charge < -0.3 is 10.2 Å². The Morgan fingerprint density at radius 3 is 2.48 bits per heavy atom. The van der Waals surface area contributed by atoms with Crippen molar-refractivity contribution in [2.24, 2.45) is 5.92 Å². The summed E-state index contributed by atoms with van der Waals surface area (Å²) < 4.78 is 0. The number of benzene rings is 1. The predicted molar refractivity (Wildman–Crippen MR) is 97.6 cm³/mol. The Labute approximate surface area is 149 Å². The summed E-state index contributed by atoms with van der Waals surface area (Å²) in [5.74, 6) is -0.0505. The summed E-state index contributed by atoms with van der Waals surface area (Å²) in [5, 5.41) is 2.83. The summed E-state index contributed by atoms with van der Waals surface area (Å²) >= 11 is 0. The largest absolute Gasteiger partial charge is 0.341 e. The van der Waals surface area contributed by atoms with Gasteiger partial charge in [-0.05, 0) is 25.5 Å². The first-order valence-electron chi connectivity index (χ1n) is 8.79. The van der Waals surface area contributed by atoms with Crippen molar-refractivity contribution < 1.29 is 14.4 Å². The van der Waals surface area contributed by atoms with Gasteiger partial charge in [-0.2, -0.15) is 0 Å². The Hall–Kier alpha value is -2.21. The van der Waals surface area contributed by atoms with Crippen LogP contribution < -0.4 is 5.32 Å². The second kappa shape index (κ2) is 8.76. The zero-order chi connectivity index (χ0) is 18.4. The minimum atomic E-state index is -0.141. The second-order valence-electron chi connectivity index (χ2n) is 6.76. The first kappa shape index (κ1) is 19.1. The molecule has 2 rings (SSSR count). The van der Waals surface area contributed by atoms with Crippen LogP contribution in [0.25, 0.3) is 0 Å². The fourth-order valence-electron chi connectivity index (χ4n) is 3.01. The Kier molecular flexibility index (Phi) is 6.70. The molecule has 1 N–H and O–H groups in total. The zero-order valence-corrected chi connectivity index (χ0v) is 15.2. The fourth-order valence-corrected chi connectivity index (χ4v) is 3.01. The van der Waals surface area contributed by atoms with Gasteiger partial charge in [-0.15, -0.1) is 0 Å². The van der Waals surface area contributed by atoms with Crippen LogP contribution in [0.1, 0.15) is 37.6 Å². The molecule has 136 valence electrons. The topological polar surface area (TPSA) is 69.7 Å². The van der Waals surface area contributed by atoms with Gasteiger partial charge in [0.1, 0.15) is 0 Å². The summed E-state index contributed by atoms with van der Waals surface area (Å²) in [5.41, 5.74) is 1.06. The monoisotopic (exact) mass is 345 g/mol. The molecular weight excluding hydrogens is 318 g/mol. The van der Waals surface area contributed by atoms with Crippen LogP contribution in [0.5, 0.6) is 0 Å². The summed E-state index contributed by atoms with van der Waals surface area (Å²) in [6.45, 7) is 8.41. The average Bonchev–Trinajstić information content (AvgIpc) is 2.79. The lowest BCUT2D eigenvalue weighted by atomic mass is 10.1. The van der Waals surface area contributed by atoms with Gasteiger partial charge in [0.05, 0.1) is 12.2 Å². The van der Waals surface area contributed by atoms with Crippen LogP contribution >= 0.6 is 0 Å². The summed E-state index contributed by atoms with van der Waals surface area (Å²) in [7, 11) is 0. The number of nitrogens with one attached hydrogen (secondary N) is 1. The van der Waals surface area contributed by atoms with Crippen LogP contribution in [0, 0.1) is 5.92 Å². The van der Waals surface area contributed by atoms with E-state index in [1.54, 1.807) is 24.3 Å². The highest BCUT2D eigenvalue weighted by Gasteiger charge is 2.22. The van der Waals surface area contributed by atoms with Gasteiger partial charge >= 0.3 is 0 Å². The number of nitrogens with zero attached hydrogens (tertiary/aromatic N) is 2. The van der Waals surface area contributed by atoms with E-state index in [0.29, 0.717) is 24.3 Å². The van der Waals surface area contributed by atoms with Crippen molar-refractivity contribution in [3.63, 3.8) is 0 Å². The Morgan fingerprint density at radius 2 is 1.80 bits per heavy atom. The van der Waals surface area contributed by atoms with Crippen LogP contribution in [0.3, 0.4) is 0 Å². The molecule has 25 heavy (non-hydrogen) atoms. The molecule has 1 fully saturated rings. The van der Waals surface area contributed by atoms with E-state index in [1.807, 2.05) is 18.7 Å². The van der Waals surface area contributed by atoms with Gasteiger partial charge in [0.2, 0.25) is 11.8 Å². The highest BCUT2D eigenvalue weighted by Crippen LogP contribution is 2.15. The van der Waals surface area contributed by atoms with E-state index in [4.69, 9.17) is 0 Å². The molecule has 6 nitrogen and oxygen atoms in total. The number of para-hydroxylation sites is 1. The van der Waals surface area contributed by atoms with Gasteiger partial charge in [-0.1, -0.05) is 26.0 Å². The minimum absolute atomic E-state index is 0.00192. The van der Waals surface area contributed by atoms with Crippen molar-refractivity contribution in [2.45, 2.75) is 27.2 Å². The number of hydrogen-bond acceptors (Lipinski definition) is 4. The van der Waals surface area contributed by atoms with E-state index in [0.717, 1.165) is 19.5 Å². The molecule has 0 aliphatic carbocycles. The highest BCUT2D eigenvalue weighted by molar-refractivity contribution is 6.04. The van der Waals surface area contributed by atoms with Crippen LogP contribution in [-0.2, 0) is 9.59 Å². The standard InChI is InChI=1S/C19H27N3O3/c1-14(2)19(25)22-10-6-9-21(11-12-22)13-18(24)20-17-8-5-4-7-16(17)15(3)23/h4-5,7-8,14H,6,9-13H2,1-3H3,(H,20,24). The van der Waals surface area contributed by atoms with Crippen LogP contribution in [0.15, 0.2) is 24.3 Å². The lowest BCUT2D eigenvalue weighted by Crippen LogP contribution is -2.39. The SMILES string of the molecule is CC(=O)c1ccccc1NC(=O)CN1CCCN(C(=O)C(C)C)CC1. The van der Waals surface area contributed by atoms with E-state index in [1.165, 1.54) is 6.92 Å². The van der Waals surface area contributed by atoms with E-state index < -0.39 is 0 Å². The van der Waals surface area contributed by atoms with Crippen molar-refractivity contribution in [1.82, 2.24) is 9.80 Å². The number of anilines is 1. The van der Waals surface area contributed by atoms with Gasteiger partial charge in [-0.25, -0.2) is 0 Å². The highest BCUT2D eigenvalue weighted by atomic mass is 16.2. The Balaban J connectivity index is 1.91. The van der Waals surface area contributed by atoms with Crippen molar-refractivity contribution in [1.29, 1.82) is 0 Å². The fraction of sp³-hybridized carbons (Fsp3) is 0.526. The second-order valence-corrected chi connectivity index (χ2v) is 6.76. The summed E-state index contributed by atoms with van der Waals surface area (Å²) in [6.07, 6.45) is 0.857. The van der Waals surface area contributed by atoms with Crippen LogP contribution in [-0.4, -0.2) is 60.1 Å². The molecule has 6 heteroatoms. The molecule has 0 radical (unpaired) electrons. The van der Waals surface area contributed by atoms with Crippen LogP contribution in [0.4, 0.5) is 5.69 Å². The number of carbonyl (C=O) groups excluding carboxylic acids is 3.